The van der Waals surface area contributed by atoms with Gasteiger partial charge in [-0.25, -0.2) is 4.57 Å². The van der Waals surface area contributed by atoms with Gasteiger partial charge in [0.1, 0.15) is 4.47 Å². The van der Waals surface area contributed by atoms with Gasteiger partial charge in [0.25, 0.3) is 0 Å². The van der Waals surface area contributed by atoms with E-state index in [1.807, 2.05) is 0 Å². The first-order valence-electron chi connectivity index (χ1n) is 7.54. The summed E-state index contributed by atoms with van der Waals surface area (Å²) < 4.78 is 5.91. The van der Waals surface area contributed by atoms with E-state index in [0.717, 1.165) is 23.9 Å². The number of hydrogen-bond acceptors (Lipinski definition) is 0. The Bertz CT molecular complexity index is 760. The van der Waals surface area contributed by atoms with Gasteiger partial charge in [0.05, 0.1) is 12.7 Å². The van der Waals surface area contributed by atoms with E-state index in [-0.39, 0.29) is 0 Å². The summed E-state index contributed by atoms with van der Waals surface area (Å²) in [5.74, 6) is 0. The third-order valence-corrected chi connectivity index (χ3v) is 4.46. The van der Waals surface area contributed by atoms with Crippen molar-refractivity contribution in [3.8, 4) is 11.3 Å². The van der Waals surface area contributed by atoms with Gasteiger partial charge in [0.15, 0.2) is 11.4 Å². The second-order valence-electron chi connectivity index (χ2n) is 5.22. The van der Waals surface area contributed by atoms with Crippen LogP contribution in [0.2, 0.25) is 0 Å². The lowest BCUT2D eigenvalue weighted by molar-refractivity contribution is -0.660. The lowest BCUT2D eigenvalue weighted by atomic mass is 10.1. The van der Waals surface area contributed by atoms with E-state index in [9.17, 15) is 0 Å². The maximum absolute atomic E-state index is 3.73. The largest absolute Gasteiger partial charge is 0.301 e. The fourth-order valence-corrected chi connectivity index (χ4v) is 3.58. The summed E-state index contributed by atoms with van der Waals surface area (Å²) in [5.41, 5.74) is 5.24. The highest BCUT2D eigenvalue weighted by Crippen LogP contribution is 2.26. The third kappa shape index (κ3) is 2.40. The number of benzene rings is 1. The van der Waals surface area contributed by atoms with E-state index >= 15 is 0 Å². The number of aromatic nitrogens is 2. The van der Waals surface area contributed by atoms with Crippen LogP contribution in [0.1, 0.15) is 26.0 Å². The molecule has 0 radical (unpaired) electrons. The van der Waals surface area contributed by atoms with E-state index in [4.69, 9.17) is 0 Å². The lowest BCUT2D eigenvalue weighted by Crippen LogP contribution is -2.35. The van der Waals surface area contributed by atoms with Crippen molar-refractivity contribution in [3.63, 3.8) is 0 Å². The maximum atomic E-state index is 3.73. The normalized spacial score (nSPS) is 11.2. The molecular weight excluding hydrogens is 324 g/mol. The van der Waals surface area contributed by atoms with Crippen LogP contribution in [0.5, 0.6) is 0 Å². The Kier molecular flexibility index (Phi) is 4.11. The predicted octanol–water partition coefficient (Wildman–Crippen LogP) is 4.63. The van der Waals surface area contributed by atoms with Crippen molar-refractivity contribution >= 4 is 21.6 Å². The number of nitrogens with zero attached hydrogens (tertiary/aromatic N) is 2. The van der Waals surface area contributed by atoms with Crippen LogP contribution in [-0.2, 0) is 13.0 Å². The van der Waals surface area contributed by atoms with Gasteiger partial charge in [0.2, 0.25) is 0 Å². The molecule has 0 atom stereocenters. The summed E-state index contributed by atoms with van der Waals surface area (Å²) >= 11 is 3.73. The molecule has 2 aromatic heterocycles. The maximum Gasteiger partial charge on any atom is 0.301 e. The molecule has 0 saturated heterocycles. The Morgan fingerprint density at radius 1 is 1.05 bits per heavy atom. The zero-order valence-corrected chi connectivity index (χ0v) is 14.1. The summed E-state index contributed by atoms with van der Waals surface area (Å²) in [6.45, 7) is 5.48. The molecule has 0 aliphatic heterocycles. The number of pyridine rings is 1. The van der Waals surface area contributed by atoms with E-state index in [2.05, 4.69) is 87.4 Å². The molecule has 0 saturated carbocycles. The van der Waals surface area contributed by atoms with Crippen molar-refractivity contribution < 1.29 is 4.57 Å². The standard InChI is InChI=1S/C18H20BrN2/c1-3-12-21-17(14-9-6-5-7-10-14)16(4-2)20-13-8-11-15(19)18(20)21/h5-11,13H,3-4,12H2,1-2H3/q+1. The van der Waals surface area contributed by atoms with Gasteiger partial charge in [-0.2, -0.15) is 4.40 Å². The molecule has 1 aromatic carbocycles. The molecule has 0 aliphatic rings. The van der Waals surface area contributed by atoms with Crippen LogP contribution in [-0.4, -0.2) is 4.40 Å². The van der Waals surface area contributed by atoms with Gasteiger partial charge in [-0.3, -0.25) is 0 Å². The van der Waals surface area contributed by atoms with Gasteiger partial charge in [-0.05, 0) is 34.5 Å². The average molecular weight is 344 g/mol. The minimum absolute atomic E-state index is 1.01. The van der Waals surface area contributed by atoms with Gasteiger partial charge < -0.3 is 0 Å². The van der Waals surface area contributed by atoms with E-state index in [1.54, 1.807) is 0 Å². The van der Waals surface area contributed by atoms with E-state index in [1.165, 1.54) is 22.6 Å². The monoisotopic (exact) mass is 343 g/mol. The Hall–Kier alpha value is -1.61. The fraction of sp³-hybridized carbons (Fsp3) is 0.278. The quantitative estimate of drug-likeness (QED) is 0.610. The molecule has 3 heteroatoms. The SMILES string of the molecule is CCC[n+]1c(-c2ccccc2)c(CC)n2cccc(Br)c21. The molecule has 0 unspecified atom stereocenters. The molecular formula is C18H20BrN2+. The van der Waals surface area contributed by atoms with E-state index < -0.39 is 0 Å². The van der Waals surface area contributed by atoms with E-state index in [0.29, 0.717) is 0 Å². The summed E-state index contributed by atoms with van der Waals surface area (Å²) in [7, 11) is 0. The molecule has 3 rings (SSSR count). The Morgan fingerprint density at radius 2 is 1.81 bits per heavy atom. The third-order valence-electron chi connectivity index (χ3n) is 3.84. The number of fused-ring (bicyclic) bond motifs is 1. The average Bonchev–Trinajstić information content (AvgIpc) is 2.83. The van der Waals surface area contributed by atoms with Crippen molar-refractivity contribution in [2.45, 2.75) is 33.2 Å². The Labute approximate surface area is 134 Å². The van der Waals surface area contributed by atoms with Gasteiger partial charge in [0, 0.05) is 12.0 Å². The first-order valence-corrected chi connectivity index (χ1v) is 8.33. The second-order valence-corrected chi connectivity index (χ2v) is 6.07. The molecule has 0 fully saturated rings. The summed E-state index contributed by atoms with van der Waals surface area (Å²) in [6.07, 6.45) is 4.30. The predicted molar refractivity (Wildman–Crippen MR) is 90.4 cm³/mol. The van der Waals surface area contributed by atoms with Crippen LogP contribution in [0, 0.1) is 0 Å². The summed E-state index contributed by atoms with van der Waals surface area (Å²) in [5, 5.41) is 0. The van der Waals surface area contributed by atoms with Crippen LogP contribution in [0.4, 0.5) is 0 Å². The zero-order chi connectivity index (χ0) is 14.8. The number of hydrogen-bond donors (Lipinski definition) is 0. The lowest BCUT2D eigenvalue weighted by Gasteiger charge is -2.03. The topological polar surface area (TPSA) is 8.29 Å². The molecule has 0 amide bonds. The van der Waals surface area contributed by atoms with Crippen LogP contribution >= 0.6 is 15.9 Å². The molecule has 0 aliphatic carbocycles. The van der Waals surface area contributed by atoms with Crippen LogP contribution < -0.4 is 4.57 Å². The van der Waals surface area contributed by atoms with Crippen molar-refractivity contribution in [1.82, 2.24) is 4.40 Å². The molecule has 3 aromatic rings. The first kappa shape index (κ1) is 14.3. The van der Waals surface area contributed by atoms with Crippen molar-refractivity contribution in [2.24, 2.45) is 0 Å². The molecule has 0 bridgehead atoms. The highest BCUT2D eigenvalue weighted by Gasteiger charge is 2.26. The highest BCUT2D eigenvalue weighted by molar-refractivity contribution is 9.10. The van der Waals surface area contributed by atoms with Gasteiger partial charge >= 0.3 is 5.65 Å². The molecule has 21 heavy (non-hydrogen) atoms. The van der Waals surface area contributed by atoms with Crippen molar-refractivity contribution in [3.05, 3.63) is 58.8 Å². The molecule has 0 spiro atoms. The molecule has 108 valence electrons. The second kappa shape index (κ2) is 6.02. The number of rotatable bonds is 4. The smallest absolute Gasteiger partial charge is 0.222 e. The molecule has 2 nitrogen and oxygen atoms in total. The zero-order valence-electron chi connectivity index (χ0n) is 12.5. The first-order chi connectivity index (χ1) is 10.3. The Balaban J connectivity index is 2.41. The summed E-state index contributed by atoms with van der Waals surface area (Å²) in [4.78, 5) is 0. The fourth-order valence-electron chi connectivity index (χ4n) is 3.02. The van der Waals surface area contributed by atoms with Gasteiger partial charge in [-0.1, -0.05) is 44.2 Å². The number of aryl methyl sites for hydroxylation is 2. The Morgan fingerprint density at radius 3 is 2.48 bits per heavy atom. The van der Waals surface area contributed by atoms with Crippen LogP contribution in [0.3, 0.4) is 0 Å². The van der Waals surface area contributed by atoms with Gasteiger partial charge in [-0.15, -0.1) is 0 Å². The minimum Gasteiger partial charge on any atom is -0.222 e. The molecule has 2 heterocycles. The number of imidazole rings is 1. The van der Waals surface area contributed by atoms with Crippen LogP contribution in [0.15, 0.2) is 53.1 Å². The molecule has 0 N–H and O–H groups in total. The number of halogens is 1. The highest BCUT2D eigenvalue weighted by atomic mass is 79.9. The minimum atomic E-state index is 1.01. The summed E-state index contributed by atoms with van der Waals surface area (Å²) in [6, 6.07) is 14.9. The van der Waals surface area contributed by atoms with Crippen LogP contribution in [0.25, 0.3) is 16.9 Å². The van der Waals surface area contributed by atoms with Crippen molar-refractivity contribution in [2.75, 3.05) is 0 Å². The van der Waals surface area contributed by atoms with Crippen molar-refractivity contribution in [1.29, 1.82) is 0 Å².